The number of anilines is 1. The maximum atomic E-state index is 17.2. The Hall–Kier alpha value is -4.05. The predicted octanol–water partition coefficient (Wildman–Crippen LogP) is 1.44. The number of aromatic amines is 1. The number of carbonyl (C=O) groups is 1. The number of hydrogen-bond donors (Lipinski definition) is 5. The Morgan fingerprint density at radius 2 is 1.76 bits per heavy atom. The van der Waals surface area contributed by atoms with Crippen molar-refractivity contribution in [2.75, 3.05) is 18.9 Å². The summed E-state index contributed by atoms with van der Waals surface area (Å²) >= 11 is 0. The zero-order chi connectivity index (χ0) is 36.8. The Labute approximate surface area is 295 Å². The van der Waals surface area contributed by atoms with Gasteiger partial charge in [-0.1, -0.05) is 55.0 Å². The van der Waals surface area contributed by atoms with Gasteiger partial charge in [0.15, 0.2) is 17.4 Å². The fourth-order valence-electron chi connectivity index (χ4n) is 5.81. The quantitative estimate of drug-likeness (QED) is 0.0629. The van der Waals surface area contributed by atoms with E-state index in [0.717, 1.165) is 40.5 Å². The fourth-order valence-corrected chi connectivity index (χ4v) is 7.67. The highest BCUT2D eigenvalue weighted by atomic mass is 31.2. The maximum absolute atomic E-state index is 17.2. The highest BCUT2D eigenvalue weighted by molar-refractivity contribution is 7.52. The summed E-state index contributed by atoms with van der Waals surface area (Å²) in [6.07, 6.45) is 2.45. The van der Waals surface area contributed by atoms with Crippen LogP contribution in [0.25, 0.3) is 11.2 Å². The summed E-state index contributed by atoms with van der Waals surface area (Å²) in [7, 11) is -2.38. The lowest BCUT2D eigenvalue weighted by molar-refractivity contribution is -0.260. The number of halogens is 1. The van der Waals surface area contributed by atoms with Crippen LogP contribution in [0.1, 0.15) is 56.6 Å². The van der Waals surface area contributed by atoms with E-state index in [0.29, 0.717) is 12.8 Å². The number of aliphatic hydroxyl groups is 2. The van der Waals surface area contributed by atoms with Crippen molar-refractivity contribution in [3.63, 3.8) is 0 Å². The number of nitrogens with zero attached hydrogens (tertiary/aromatic N) is 3. The van der Waals surface area contributed by atoms with Crippen molar-refractivity contribution in [3.05, 3.63) is 82.4 Å². The molecule has 2 heterocycles. The number of esters is 1. The van der Waals surface area contributed by atoms with Gasteiger partial charge in [0.1, 0.15) is 46.0 Å². The standard InChI is InChI=1S/C32H42B2FN6O9P/c1-20(29(45)47-22-13-7-3-8-14-22)40-51(46,49-23-15-9-4-10-16-23)50-32(33,34)31(35,19-43)48-25(18-42)41-24(17-21-11-5-2-6-12-21)37-26-27(41)38-30(36)39-28(26)44/h2,4-6,9-12,15-16,20,22,25,42-43H,3,7-8,13-14,17-19,33-34H2,1H3,(H,40,46)(H3,36,38,39,44)/t20?,25?,31-,51?/m0/s1. The van der Waals surface area contributed by atoms with Crippen LogP contribution in [-0.2, 0) is 29.8 Å². The van der Waals surface area contributed by atoms with Crippen LogP contribution in [0.5, 0.6) is 5.75 Å². The molecule has 2 aromatic heterocycles. The number of fused-ring (bicyclic) bond motifs is 1. The molecule has 2 aromatic carbocycles. The molecular formula is C32H42B2FN6O9P. The number of hydrogen-bond acceptors (Lipinski definition) is 12. The van der Waals surface area contributed by atoms with E-state index < -0.39 is 56.0 Å². The minimum absolute atomic E-state index is 0.0731. The monoisotopic (exact) mass is 726 g/mol. The number of nitrogen functional groups attached to an aromatic ring is 1. The molecule has 5 rings (SSSR count). The molecule has 15 nitrogen and oxygen atoms in total. The Balaban J connectivity index is 1.47. The second-order valence-electron chi connectivity index (χ2n) is 12.9. The lowest BCUT2D eigenvalue weighted by atomic mass is 9.61. The number of alkyl halides is 1. The van der Waals surface area contributed by atoms with Gasteiger partial charge in [-0.3, -0.25) is 23.7 Å². The lowest BCUT2D eigenvalue weighted by Crippen LogP contribution is -2.59. The van der Waals surface area contributed by atoms with Crippen molar-refractivity contribution in [2.45, 2.75) is 75.1 Å². The zero-order valence-corrected chi connectivity index (χ0v) is 29.6. The minimum atomic E-state index is -4.69. The molecule has 0 bridgehead atoms. The number of nitrogens with one attached hydrogen (secondary N) is 2. The first-order valence-electron chi connectivity index (χ1n) is 16.7. The lowest BCUT2D eigenvalue weighted by Gasteiger charge is -2.42. The molecule has 1 aliphatic rings. The zero-order valence-electron chi connectivity index (χ0n) is 28.7. The third-order valence-corrected chi connectivity index (χ3v) is 10.4. The van der Waals surface area contributed by atoms with Crippen molar-refractivity contribution < 1.29 is 42.5 Å². The van der Waals surface area contributed by atoms with Crippen LogP contribution in [0, 0.1) is 0 Å². The highest BCUT2D eigenvalue weighted by Crippen LogP contribution is 2.50. The molecule has 3 unspecified atom stereocenters. The SMILES string of the molecule is BC(B)(OP(=O)(NC(C)C(=O)OC1CCCCC1)Oc1ccccc1)[C@](F)(CO)OC(CO)n1c(Cc2ccccc2)nc2c(=O)[nH]c(N)nc21. The number of nitrogens with two attached hydrogens (primary N) is 1. The Kier molecular flexibility index (Phi) is 12.1. The number of aliphatic hydroxyl groups excluding tert-OH is 2. The number of imidazole rings is 1. The van der Waals surface area contributed by atoms with Crippen molar-refractivity contribution in [2.24, 2.45) is 0 Å². The first-order chi connectivity index (χ1) is 24.3. The van der Waals surface area contributed by atoms with Crippen molar-refractivity contribution in [3.8, 4) is 5.75 Å². The molecule has 0 spiro atoms. The van der Waals surface area contributed by atoms with Gasteiger partial charge in [-0.15, -0.1) is 0 Å². The minimum Gasteiger partial charge on any atom is -0.461 e. The summed E-state index contributed by atoms with van der Waals surface area (Å²) in [5, 5.41) is 21.3. The van der Waals surface area contributed by atoms with E-state index in [-0.39, 0.29) is 41.2 Å². The number of carbonyl (C=O) groups excluding carboxylic acids is 1. The molecule has 4 aromatic rings. The van der Waals surface area contributed by atoms with Gasteiger partial charge in [-0.25, -0.2) is 13.9 Å². The number of rotatable bonds is 16. The normalized spacial score (nSPS) is 17.6. The fraction of sp³-hybridized carbons (Fsp3) is 0.438. The first kappa shape index (κ1) is 38.2. The van der Waals surface area contributed by atoms with E-state index >= 15 is 4.39 Å². The maximum Gasteiger partial charge on any atom is 0.458 e. The van der Waals surface area contributed by atoms with Crippen molar-refractivity contribution >= 4 is 46.5 Å². The number of para-hydroxylation sites is 1. The predicted molar refractivity (Wildman–Crippen MR) is 191 cm³/mol. The van der Waals surface area contributed by atoms with Gasteiger partial charge in [0.2, 0.25) is 11.8 Å². The molecule has 4 atom stereocenters. The summed E-state index contributed by atoms with van der Waals surface area (Å²) in [6, 6.07) is 15.7. The average Bonchev–Trinajstić information content (AvgIpc) is 3.45. The molecule has 0 amide bonds. The van der Waals surface area contributed by atoms with Crippen LogP contribution in [0.15, 0.2) is 65.5 Å². The number of aromatic nitrogens is 4. The molecule has 0 aliphatic heterocycles. The Bertz CT molecular complexity index is 1900. The van der Waals surface area contributed by atoms with Crippen molar-refractivity contribution in [1.29, 1.82) is 0 Å². The second kappa shape index (κ2) is 16.1. The van der Waals surface area contributed by atoms with Crippen LogP contribution in [0.4, 0.5) is 10.3 Å². The molecule has 272 valence electrons. The third kappa shape index (κ3) is 9.07. The second-order valence-corrected chi connectivity index (χ2v) is 14.5. The van der Waals surface area contributed by atoms with Crippen LogP contribution in [0.3, 0.4) is 0 Å². The summed E-state index contributed by atoms with van der Waals surface area (Å²) in [4.78, 5) is 36.8. The summed E-state index contributed by atoms with van der Waals surface area (Å²) in [6.45, 7) is -0.851. The van der Waals surface area contributed by atoms with Crippen LogP contribution in [0.2, 0.25) is 0 Å². The van der Waals surface area contributed by atoms with E-state index in [2.05, 4.69) is 20.0 Å². The topological polar surface area (TPSA) is 213 Å². The van der Waals surface area contributed by atoms with Gasteiger partial charge in [-0.05, 0) is 50.3 Å². The van der Waals surface area contributed by atoms with E-state index in [4.69, 9.17) is 24.3 Å². The first-order valence-corrected chi connectivity index (χ1v) is 18.2. The average molecular weight is 726 g/mol. The van der Waals surface area contributed by atoms with E-state index in [1.165, 1.54) is 23.6 Å². The van der Waals surface area contributed by atoms with Gasteiger partial charge >= 0.3 is 13.7 Å². The molecule has 0 radical (unpaired) electrons. The van der Waals surface area contributed by atoms with Gasteiger partial charge in [0.05, 0.1) is 12.0 Å². The summed E-state index contributed by atoms with van der Waals surface area (Å²) in [5.41, 5.74) is 5.64. The largest absolute Gasteiger partial charge is 0.461 e. The molecule has 19 heteroatoms. The number of H-pyrrole nitrogens is 1. The van der Waals surface area contributed by atoms with Crippen LogP contribution in [-0.4, -0.2) is 88.0 Å². The van der Waals surface area contributed by atoms with E-state index in [1.54, 1.807) is 42.5 Å². The summed E-state index contributed by atoms with van der Waals surface area (Å²) < 4.78 is 55.9. The molecule has 6 N–H and O–H groups in total. The molecule has 1 aliphatic carbocycles. The molecule has 51 heavy (non-hydrogen) atoms. The third-order valence-electron chi connectivity index (χ3n) is 8.57. The van der Waals surface area contributed by atoms with Gasteiger partial charge < -0.3 is 29.9 Å². The number of benzene rings is 2. The molecule has 0 saturated heterocycles. The van der Waals surface area contributed by atoms with Gasteiger partial charge in [0, 0.05) is 6.42 Å². The molecule has 1 fully saturated rings. The molecule has 1 saturated carbocycles. The summed E-state index contributed by atoms with van der Waals surface area (Å²) in [5.74, 6) is -3.97. The Morgan fingerprint density at radius 1 is 1.12 bits per heavy atom. The smallest absolute Gasteiger partial charge is 0.458 e. The van der Waals surface area contributed by atoms with Crippen LogP contribution < -0.4 is 20.9 Å². The highest BCUT2D eigenvalue weighted by Gasteiger charge is 2.54. The van der Waals surface area contributed by atoms with E-state index in [1.807, 2.05) is 6.07 Å². The Morgan fingerprint density at radius 3 is 2.39 bits per heavy atom. The van der Waals surface area contributed by atoms with Gasteiger partial charge in [0.25, 0.3) is 5.56 Å². The molecular weight excluding hydrogens is 684 g/mol. The van der Waals surface area contributed by atoms with Gasteiger partial charge in [-0.2, -0.15) is 10.1 Å². The van der Waals surface area contributed by atoms with E-state index in [9.17, 15) is 24.4 Å². The number of ether oxygens (including phenoxy) is 2. The van der Waals surface area contributed by atoms with Crippen LogP contribution >= 0.6 is 7.75 Å². The van der Waals surface area contributed by atoms with Crippen molar-refractivity contribution in [1.82, 2.24) is 24.6 Å².